The average Bonchev–Trinajstić information content (AvgIpc) is 2.80. The largest absolute Gasteiger partial charge is 0.444 e. The maximum absolute atomic E-state index is 12.4. The first kappa shape index (κ1) is 32.4. The number of aliphatic imine (C=N–C) groups is 1. The second kappa shape index (κ2) is 16.9. The molecule has 0 spiro atoms. The number of halogens is 2. The number of carbonyl (C=O) groups is 1. The van der Waals surface area contributed by atoms with Crippen LogP contribution in [0.1, 0.15) is 72.1 Å². The van der Waals surface area contributed by atoms with Crippen molar-refractivity contribution in [2.24, 2.45) is 4.99 Å². The van der Waals surface area contributed by atoms with E-state index < -0.39 is 5.60 Å². The van der Waals surface area contributed by atoms with E-state index in [0.29, 0.717) is 36.5 Å². The summed E-state index contributed by atoms with van der Waals surface area (Å²) < 4.78 is 5.51. The number of piperazine rings is 1. The van der Waals surface area contributed by atoms with E-state index in [1.54, 1.807) is 11.0 Å². The van der Waals surface area contributed by atoms with E-state index in [9.17, 15) is 4.79 Å². The van der Waals surface area contributed by atoms with Gasteiger partial charge in [0.05, 0.1) is 11.8 Å². The third-order valence-corrected chi connectivity index (χ3v) is 5.44. The highest BCUT2D eigenvalue weighted by atomic mass is 79.9. The molecule has 0 aromatic heterocycles. The highest BCUT2D eigenvalue weighted by molar-refractivity contribution is 9.08. The monoisotopic (exact) mass is 555 g/mol. The summed E-state index contributed by atoms with van der Waals surface area (Å²) in [5.41, 5.74) is 2.51. The van der Waals surface area contributed by atoms with Crippen molar-refractivity contribution in [3.05, 3.63) is 59.8 Å². The van der Waals surface area contributed by atoms with Crippen molar-refractivity contribution in [3.8, 4) is 0 Å². The van der Waals surface area contributed by atoms with Crippen LogP contribution in [0.4, 0.5) is 4.79 Å². The van der Waals surface area contributed by atoms with Gasteiger partial charge in [-0.05, 0) is 50.1 Å². The van der Waals surface area contributed by atoms with E-state index in [0.717, 1.165) is 16.8 Å². The molecule has 2 rings (SSSR count). The molecule has 1 saturated heterocycles. The number of amides is 1. The van der Waals surface area contributed by atoms with Crippen molar-refractivity contribution < 1.29 is 9.53 Å². The zero-order chi connectivity index (χ0) is 26.3. The molecule has 1 aliphatic heterocycles. The summed E-state index contributed by atoms with van der Waals surface area (Å²) in [6.45, 7) is 24.1. The van der Waals surface area contributed by atoms with Gasteiger partial charge in [0.2, 0.25) is 0 Å². The van der Waals surface area contributed by atoms with Gasteiger partial charge in [0.25, 0.3) is 0 Å². The summed E-state index contributed by atoms with van der Waals surface area (Å²) in [6, 6.07) is 5.79. The first-order chi connectivity index (χ1) is 16.1. The van der Waals surface area contributed by atoms with Gasteiger partial charge in [0.15, 0.2) is 0 Å². The lowest BCUT2D eigenvalue weighted by Crippen LogP contribution is -2.52. The van der Waals surface area contributed by atoms with Crippen LogP contribution in [-0.4, -0.2) is 53.4 Å². The van der Waals surface area contributed by atoms with E-state index in [1.807, 2.05) is 52.8 Å². The van der Waals surface area contributed by atoms with Gasteiger partial charge in [-0.1, -0.05) is 80.9 Å². The maximum atomic E-state index is 12.4. The summed E-state index contributed by atoms with van der Waals surface area (Å²) in [5, 5.41) is 1.37. The molecule has 7 heteroatoms. The van der Waals surface area contributed by atoms with Crippen LogP contribution in [0.25, 0.3) is 0 Å². The molecule has 1 amide bonds. The predicted octanol–water partition coefficient (Wildman–Crippen LogP) is 8.04. The third-order valence-electron chi connectivity index (χ3n) is 4.60. The number of carbonyl (C=O) groups excluding carboxylic acids is 1. The molecule has 1 aromatic carbocycles. The highest BCUT2D eigenvalue weighted by Gasteiger charge is 2.32. The lowest BCUT2D eigenvalue weighted by molar-refractivity contribution is 0.0129. The van der Waals surface area contributed by atoms with Crippen LogP contribution in [-0.2, 0) is 10.1 Å². The average molecular weight is 557 g/mol. The SMILES string of the molecule is C=CN=C(C=C)C(c1ccc(Cl)cc1CBr)N1CCN(C(=O)OC(C)(C)C)CC1.CC.CCC. The molecular weight excluding hydrogens is 514 g/mol. The molecule has 0 saturated carbocycles. The first-order valence-corrected chi connectivity index (χ1v) is 13.5. The molecule has 1 aromatic rings. The minimum Gasteiger partial charge on any atom is -0.444 e. The normalized spacial score (nSPS) is 15.2. The smallest absolute Gasteiger partial charge is 0.410 e. The van der Waals surface area contributed by atoms with Crippen molar-refractivity contribution in [1.82, 2.24) is 9.80 Å². The standard InChI is InChI=1S/C22H29BrClN3O2.C3H8.C2H6/c1-6-19(25-7-2)20(18-9-8-17(24)14-16(18)15-23)26-10-12-27(13-11-26)21(28)29-22(3,4)5;1-3-2;1-2/h6-9,14,20H,1-2,10-13,15H2,3-5H3;3H2,1-2H3;1-2H3. The second-order valence-electron chi connectivity index (χ2n) is 8.53. The minimum absolute atomic E-state index is 0.101. The van der Waals surface area contributed by atoms with Gasteiger partial charge in [0, 0.05) is 42.7 Å². The second-order valence-corrected chi connectivity index (χ2v) is 9.53. The van der Waals surface area contributed by atoms with E-state index in [1.165, 1.54) is 12.6 Å². The van der Waals surface area contributed by atoms with Gasteiger partial charge >= 0.3 is 6.09 Å². The summed E-state index contributed by atoms with van der Waals surface area (Å²) in [5.74, 6) is 0. The third kappa shape index (κ3) is 10.7. The van der Waals surface area contributed by atoms with Crippen LogP contribution < -0.4 is 0 Å². The molecule has 0 aliphatic carbocycles. The Labute approximate surface area is 221 Å². The first-order valence-electron chi connectivity index (χ1n) is 12.0. The van der Waals surface area contributed by atoms with E-state index >= 15 is 0 Å². The lowest BCUT2D eigenvalue weighted by atomic mass is 9.95. The predicted molar refractivity (Wildman–Crippen MR) is 151 cm³/mol. The van der Waals surface area contributed by atoms with Crippen LogP contribution >= 0.6 is 27.5 Å². The van der Waals surface area contributed by atoms with Gasteiger partial charge in [0.1, 0.15) is 5.60 Å². The quantitative estimate of drug-likeness (QED) is 0.263. The van der Waals surface area contributed by atoms with Crippen LogP contribution in [0.3, 0.4) is 0 Å². The summed E-state index contributed by atoms with van der Waals surface area (Å²) >= 11 is 9.78. The van der Waals surface area contributed by atoms with Gasteiger partial charge in [-0.25, -0.2) is 4.79 Å². The van der Waals surface area contributed by atoms with E-state index in [4.69, 9.17) is 16.3 Å². The summed E-state index contributed by atoms with van der Waals surface area (Å²) in [6.07, 6.45) is 4.27. The van der Waals surface area contributed by atoms with Crippen LogP contribution in [0, 0.1) is 0 Å². The van der Waals surface area contributed by atoms with Gasteiger partial charge in [-0.3, -0.25) is 9.89 Å². The molecule has 1 heterocycles. The molecule has 192 valence electrons. The number of nitrogens with zero attached hydrogens (tertiary/aromatic N) is 3. The number of ether oxygens (including phenoxy) is 1. The molecule has 0 radical (unpaired) electrons. The van der Waals surface area contributed by atoms with E-state index in [2.05, 4.69) is 52.8 Å². The molecule has 5 nitrogen and oxygen atoms in total. The summed E-state index contributed by atoms with van der Waals surface area (Å²) in [4.78, 5) is 20.9. The van der Waals surface area contributed by atoms with Gasteiger partial charge in [-0.2, -0.15) is 0 Å². The number of hydrogen-bond donors (Lipinski definition) is 0. The Bertz CT molecular complexity index is 798. The molecule has 0 N–H and O–H groups in total. The van der Waals surface area contributed by atoms with E-state index in [-0.39, 0.29) is 12.1 Å². The topological polar surface area (TPSA) is 45.1 Å². The van der Waals surface area contributed by atoms with Crippen molar-refractivity contribution in [1.29, 1.82) is 0 Å². The maximum Gasteiger partial charge on any atom is 0.410 e. The minimum atomic E-state index is -0.503. The highest BCUT2D eigenvalue weighted by Crippen LogP contribution is 2.31. The Morgan fingerprint density at radius 2 is 1.76 bits per heavy atom. The molecule has 1 unspecified atom stereocenters. The Morgan fingerprint density at radius 3 is 2.21 bits per heavy atom. The Kier molecular flexibility index (Phi) is 16.1. The molecule has 34 heavy (non-hydrogen) atoms. The zero-order valence-corrected chi connectivity index (χ0v) is 24.4. The zero-order valence-electron chi connectivity index (χ0n) is 22.0. The lowest BCUT2D eigenvalue weighted by Gasteiger charge is -2.40. The van der Waals surface area contributed by atoms with Crippen LogP contribution in [0.2, 0.25) is 5.02 Å². The summed E-state index contributed by atoms with van der Waals surface area (Å²) in [7, 11) is 0. The number of rotatable bonds is 6. The van der Waals surface area contributed by atoms with Crippen molar-refractivity contribution in [3.63, 3.8) is 0 Å². The molecule has 1 fully saturated rings. The van der Waals surface area contributed by atoms with Crippen LogP contribution in [0.5, 0.6) is 0 Å². The number of benzene rings is 1. The van der Waals surface area contributed by atoms with Gasteiger partial charge < -0.3 is 9.64 Å². The molecule has 1 atom stereocenters. The fourth-order valence-electron chi connectivity index (χ4n) is 3.33. The Hall–Kier alpha value is -1.63. The fourth-order valence-corrected chi connectivity index (χ4v) is 4.01. The number of alkyl halides is 1. The molecular formula is C27H43BrClN3O2. The number of hydrogen-bond acceptors (Lipinski definition) is 4. The van der Waals surface area contributed by atoms with Crippen molar-refractivity contribution in [2.75, 3.05) is 26.2 Å². The van der Waals surface area contributed by atoms with Crippen LogP contribution in [0.15, 0.2) is 48.6 Å². The molecule has 0 bridgehead atoms. The molecule has 1 aliphatic rings. The fraction of sp³-hybridized carbons (Fsp3) is 0.556. The van der Waals surface area contributed by atoms with Crippen molar-refractivity contribution >= 4 is 39.3 Å². The Morgan fingerprint density at radius 1 is 1.21 bits per heavy atom. The van der Waals surface area contributed by atoms with Gasteiger partial charge in [-0.15, -0.1) is 0 Å². The van der Waals surface area contributed by atoms with Crippen molar-refractivity contribution in [2.45, 2.75) is 71.9 Å². The Balaban J connectivity index is 0.00000201.